The molecule has 7 heteroatoms. The molecule has 160 valence electrons. The van der Waals surface area contributed by atoms with Crippen molar-refractivity contribution in [2.75, 3.05) is 13.2 Å². The first kappa shape index (κ1) is 24.3. The van der Waals surface area contributed by atoms with E-state index in [2.05, 4.69) is 0 Å². The van der Waals surface area contributed by atoms with Gasteiger partial charge in [-0.05, 0) is 39.5 Å². The van der Waals surface area contributed by atoms with Gasteiger partial charge >= 0.3 is 17.9 Å². The van der Waals surface area contributed by atoms with Crippen LogP contribution in [0.25, 0.3) is 0 Å². The highest BCUT2D eigenvalue weighted by Gasteiger charge is 2.33. The molecule has 0 saturated carbocycles. The number of carbonyl (C=O) groups excluding carboxylic acids is 3. The van der Waals surface area contributed by atoms with Gasteiger partial charge in [0.25, 0.3) is 0 Å². The summed E-state index contributed by atoms with van der Waals surface area (Å²) in [7, 11) is 0. The van der Waals surface area contributed by atoms with Crippen LogP contribution in [0.15, 0.2) is 30.3 Å². The monoisotopic (exact) mass is 406 g/mol. The minimum Gasteiger partial charge on any atom is -0.481 e. The molecule has 0 aliphatic heterocycles. The quantitative estimate of drug-likeness (QED) is 0.371. The van der Waals surface area contributed by atoms with Gasteiger partial charge in [-0.1, -0.05) is 30.3 Å². The van der Waals surface area contributed by atoms with Gasteiger partial charge in [0, 0.05) is 24.3 Å². The van der Waals surface area contributed by atoms with E-state index < -0.39 is 17.8 Å². The van der Waals surface area contributed by atoms with Crippen LogP contribution in [0.1, 0.15) is 62.7 Å². The summed E-state index contributed by atoms with van der Waals surface area (Å²) >= 11 is 0. The normalized spacial score (nSPS) is 12.6. The average Bonchev–Trinajstić information content (AvgIpc) is 2.69. The van der Waals surface area contributed by atoms with Crippen molar-refractivity contribution in [3.05, 3.63) is 35.9 Å². The van der Waals surface area contributed by atoms with E-state index in [9.17, 15) is 24.3 Å². The summed E-state index contributed by atoms with van der Waals surface area (Å²) in [6.45, 7) is 3.96. The molecule has 0 saturated heterocycles. The number of hydrogen-bond acceptors (Lipinski definition) is 6. The minimum absolute atomic E-state index is 0.104. The van der Waals surface area contributed by atoms with E-state index in [1.807, 2.05) is 0 Å². The van der Waals surface area contributed by atoms with E-state index >= 15 is 0 Å². The van der Waals surface area contributed by atoms with Gasteiger partial charge in [-0.2, -0.15) is 0 Å². The lowest BCUT2D eigenvalue weighted by Gasteiger charge is -2.23. The zero-order valence-corrected chi connectivity index (χ0v) is 17.1. The first-order valence-electron chi connectivity index (χ1n) is 10.0. The number of Topliss-reactive ketones (excluding diaryl/α,β-unsaturated/α-hetero) is 1. The second-order valence-electron chi connectivity index (χ2n) is 6.68. The second-order valence-corrected chi connectivity index (χ2v) is 6.68. The van der Waals surface area contributed by atoms with Crippen LogP contribution in [0.3, 0.4) is 0 Å². The van der Waals surface area contributed by atoms with Crippen molar-refractivity contribution in [1.29, 1.82) is 0 Å². The molecule has 7 nitrogen and oxygen atoms in total. The van der Waals surface area contributed by atoms with Gasteiger partial charge in [-0.25, -0.2) is 0 Å². The van der Waals surface area contributed by atoms with Crippen LogP contribution in [0.4, 0.5) is 0 Å². The lowest BCUT2D eigenvalue weighted by atomic mass is 9.79. The van der Waals surface area contributed by atoms with Gasteiger partial charge < -0.3 is 14.6 Å². The number of aliphatic carboxylic acids is 1. The molecule has 0 radical (unpaired) electrons. The summed E-state index contributed by atoms with van der Waals surface area (Å²) in [4.78, 5) is 48.1. The number of carboxylic acid groups (broad SMARTS) is 1. The Morgan fingerprint density at radius 2 is 1.31 bits per heavy atom. The predicted octanol–water partition coefficient (Wildman–Crippen LogP) is 3.65. The van der Waals surface area contributed by atoms with Crippen LogP contribution in [-0.4, -0.2) is 42.0 Å². The summed E-state index contributed by atoms with van der Waals surface area (Å²) in [5.74, 6) is -3.83. The maximum Gasteiger partial charge on any atom is 0.307 e. The van der Waals surface area contributed by atoms with Crippen LogP contribution in [0.2, 0.25) is 0 Å². The Kier molecular flexibility index (Phi) is 11.3. The summed E-state index contributed by atoms with van der Waals surface area (Å²) < 4.78 is 9.77. The third-order valence-electron chi connectivity index (χ3n) is 4.60. The first-order chi connectivity index (χ1) is 13.9. The molecule has 0 fully saturated rings. The van der Waals surface area contributed by atoms with Gasteiger partial charge in [0.05, 0.1) is 19.1 Å². The number of ether oxygens (including phenoxy) is 2. The molecular weight excluding hydrogens is 376 g/mol. The molecule has 0 aromatic heterocycles. The van der Waals surface area contributed by atoms with Crippen LogP contribution < -0.4 is 0 Å². The molecule has 29 heavy (non-hydrogen) atoms. The highest BCUT2D eigenvalue weighted by Crippen LogP contribution is 2.28. The molecule has 0 aliphatic carbocycles. The molecule has 0 unspecified atom stereocenters. The van der Waals surface area contributed by atoms with Gasteiger partial charge in [-0.15, -0.1) is 0 Å². The van der Waals surface area contributed by atoms with Crippen LogP contribution in [0.5, 0.6) is 0 Å². The summed E-state index contributed by atoms with van der Waals surface area (Å²) in [5, 5.41) is 9.74. The fourth-order valence-corrected chi connectivity index (χ4v) is 3.23. The molecule has 0 spiro atoms. The molecule has 0 heterocycles. The van der Waals surface area contributed by atoms with Gasteiger partial charge in [0.15, 0.2) is 5.78 Å². The summed E-state index contributed by atoms with van der Waals surface area (Å²) in [6.07, 6.45) is 1.32. The number of carboxylic acids is 1. The van der Waals surface area contributed by atoms with E-state index in [1.165, 1.54) is 0 Å². The van der Waals surface area contributed by atoms with E-state index in [1.54, 1.807) is 44.2 Å². The van der Waals surface area contributed by atoms with E-state index in [-0.39, 0.29) is 56.6 Å². The standard InChI is InChI=1S/C22H30O7/c1-3-28-19(23)14-8-12-17(21(25)16-10-6-5-7-11-16)18(22(26)27)13-9-15-20(24)29-4-2/h5-7,10-11,17-18H,3-4,8-9,12-15H2,1-2H3,(H,26,27)/t17-,18+/m1/s1. The Morgan fingerprint density at radius 1 is 0.828 bits per heavy atom. The lowest BCUT2D eigenvalue weighted by molar-refractivity contribution is -0.146. The Balaban J connectivity index is 2.89. The number of esters is 2. The third-order valence-corrected chi connectivity index (χ3v) is 4.60. The third kappa shape index (κ3) is 8.89. The number of ketones is 1. The van der Waals surface area contributed by atoms with E-state index in [4.69, 9.17) is 9.47 Å². The molecule has 0 aliphatic rings. The average molecular weight is 406 g/mol. The second kappa shape index (κ2) is 13.5. The number of rotatable bonds is 14. The van der Waals surface area contributed by atoms with Crippen molar-refractivity contribution in [3.8, 4) is 0 Å². The molecule has 1 rings (SSSR count). The fraction of sp³-hybridized carbons (Fsp3) is 0.545. The lowest BCUT2D eigenvalue weighted by Crippen LogP contribution is -2.30. The molecule has 2 atom stereocenters. The van der Waals surface area contributed by atoms with Crippen LogP contribution >= 0.6 is 0 Å². The molecule has 1 N–H and O–H groups in total. The predicted molar refractivity (Wildman–Crippen MR) is 106 cm³/mol. The van der Waals surface area contributed by atoms with Crippen molar-refractivity contribution in [3.63, 3.8) is 0 Å². The number of benzene rings is 1. The summed E-state index contributed by atoms with van der Waals surface area (Å²) in [6, 6.07) is 8.52. The highest BCUT2D eigenvalue weighted by molar-refractivity contribution is 5.99. The SMILES string of the molecule is CCOC(=O)CCC[C@H](C(=O)O)[C@@H](CCCC(=O)OCC)C(=O)c1ccccc1. The van der Waals surface area contributed by atoms with Gasteiger partial charge in [0.2, 0.25) is 0 Å². The highest BCUT2D eigenvalue weighted by atomic mass is 16.5. The largest absolute Gasteiger partial charge is 0.481 e. The molecule has 0 bridgehead atoms. The Bertz CT molecular complexity index is 669. The smallest absolute Gasteiger partial charge is 0.307 e. The summed E-state index contributed by atoms with van der Waals surface area (Å²) in [5.41, 5.74) is 0.435. The van der Waals surface area contributed by atoms with Crippen molar-refractivity contribution in [2.24, 2.45) is 11.8 Å². The molecular formula is C22H30O7. The molecule has 1 aromatic rings. The topological polar surface area (TPSA) is 107 Å². The Labute approximate surface area is 171 Å². The maximum atomic E-state index is 13.0. The van der Waals surface area contributed by atoms with Crippen molar-refractivity contribution in [1.82, 2.24) is 0 Å². The zero-order valence-electron chi connectivity index (χ0n) is 17.1. The zero-order chi connectivity index (χ0) is 21.6. The van der Waals surface area contributed by atoms with Gasteiger partial charge in [-0.3, -0.25) is 19.2 Å². The van der Waals surface area contributed by atoms with Gasteiger partial charge in [0.1, 0.15) is 0 Å². The van der Waals surface area contributed by atoms with E-state index in [0.717, 1.165) is 0 Å². The Hall–Kier alpha value is -2.70. The maximum absolute atomic E-state index is 13.0. The van der Waals surface area contributed by atoms with Crippen LogP contribution in [-0.2, 0) is 23.9 Å². The van der Waals surface area contributed by atoms with Crippen LogP contribution in [0, 0.1) is 11.8 Å². The molecule has 1 aromatic carbocycles. The molecule has 0 amide bonds. The van der Waals surface area contributed by atoms with Crippen molar-refractivity contribution >= 4 is 23.7 Å². The Morgan fingerprint density at radius 3 is 1.76 bits per heavy atom. The van der Waals surface area contributed by atoms with Crippen molar-refractivity contribution < 1.29 is 33.8 Å². The number of carbonyl (C=O) groups is 4. The fourth-order valence-electron chi connectivity index (χ4n) is 3.23. The first-order valence-corrected chi connectivity index (χ1v) is 10.0. The van der Waals surface area contributed by atoms with Crippen molar-refractivity contribution in [2.45, 2.75) is 52.4 Å². The minimum atomic E-state index is -1.08. The van der Waals surface area contributed by atoms with E-state index in [0.29, 0.717) is 18.4 Å². The number of hydrogen-bond donors (Lipinski definition) is 1.